The van der Waals surface area contributed by atoms with Crippen LogP contribution in [0.15, 0.2) is 176 Å². The van der Waals surface area contributed by atoms with Gasteiger partial charge in [0.15, 0.2) is 0 Å². The average Bonchev–Trinajstić information content (AvgIpc) is 3.88. The minimum Gasteiger partial charge on any atom is -0.309 e. The van der Waals surface area contributed by atoms with Crippen LogP contribution in [0.1, 0.15) is 11.1 Å². The van der Waals surface area contributed by atoms with Gasteiger partial charge in [-0.15, -0.1) is 0 Å². The van der Waals surface area contributed by atoms with Gasteiger partial charge in [-0.25, -0.2) is 0 Å². The number of nitrogens with zero attached hydrogens (tertiary/aromatic N) is 5. The van der Waals surface area contributed by atoms with Crippen LogP contribution >= 0.6 is 0 Å². The van der Waals surface area contributed by atoms with E-state index in [9.17, 15) is 10.5 Å². The fourth-order valence-electron chi connectivity index (χ4n) is 8.71. The minimum absolute atomic E-state index is 0.564. The van der Waals surface area contributed by atoms with Crippen LogP contribution in [0.25, 0.3) is 93.6 Å². The van der Waals surface area contributed by atoms with E-state index >= 15 is 0 Å². The van der Waals surface area contributed by atoms with Gasteiger partial charge in [0, 0.05) is 43.7 Å². The maximum absolute atomic E-state index is 10.7. The molecular weight excluding hydrogens is 671 g/mol. The summed E-state index contributed by atoms with van der Waals surface area (Å²) < 4.78 is 6.79. The number of hydrogen-bond donors (Lipinski definition) is 0. The Morgan fingerprint density at radius 2 is 0.818 bits per heavy atom. The van der Waals surface area contributed by atoms with Crippen LogP contribution in [0, 0.1) is 22.7 Å². The summed E-state index contributed by atoms with van der Waals surface area (Å²) in [5.74, 6) is 0. The molecule has 55 heavy (non-hydrogen) atoms. The summed E-state index contributed by atoms with van der Waals surface area (Å²) in [6.07, 6.45) is 0. The molecule has 0 aliphatic heterocycles. The Morgan fingerprint density at radius 1 is 0.327 bits per heavy atom. The summed E-state index contributed by atoms with van der Waals surface area (Å²) in [6.45, 7) is 0. The van der Waals surface area contributed by atoms with Gasteiger partial charge in [0.2, 0.25) is 0 Å². The molecule has 0 unspecified atom stereocenters. The van der Waals surface area contributed by atoms with E-state index < -0.39 is 0 Å². The van der Waals surface area contributed by atoms with E-state index in [1.165, 1.54) is 21.5 Å². The van der Waals surface area contributed by atoms with Crippen LogP contribution in [-0.4, -0.2) is 13.7 Å². The second-order valence-corrected chi connectivity index (χ2v) is 14.0. The molecule has 0 N–H and O–H groups in total. The Kier molecular flexibility index (Phi) is 6.61. The summed E-state index contributed by atoms with van der Waals surface area (Å²) in [5, 5.41) is 27.5. The van der Waals surface area contributed by atoms with Crippen LogP contribution in [0.4, 0.5) is 0 Å². The molecule has 0 fully saturated rings. The van der Waals surface area contributed by atoms with E-state index in [4.69, 9.17) is 0 Å². The number of rotatable bonds is 4. The molecule has 0 radical (unpaired) electrons. The smallest absolute Gasteiger partial charge is 0.101 e. The van der Waals surface area contributed by atoms with E-state index in [0.717, 1.165) is 72.1 Å². The lowest BCUT2D eigenvalue weighted by atomic mass is 10.0. The fourth-order valence-corrected chi connectivity index (χ4v) is 8.71. The van der Waals surface area contributed by atoms with Crippen LogP contribution in [-0.2, 0) is 0 Å². The molecule has 0 aliphatic carbocycles. The highest BCUT2D eigenvalue weighted by Crippen LogP contribution is 2.39. The van der Waals surface area contributed by atoms with Gasteiger partial charge in [0.05, 0.1) is 56.0 Å². The van der Waals surface area contributed by atoms with E-state index in [2.05, 4.69) is 177 Å². The molecule has 254 valence electrons. The molecule has 0 spiro atoms. The lowest BCUT2D eigenvalue weighted by Gasteiger charge is -2.14. The third-order valence-corrected chi connectivity index (χ3v) is 11.1. The summed E-state index contributed by atoms with van der Waals surface area (Å²) in [6, 6.07) is 65.9. The van der Waals surface area contributed by atoms with Gasteiger partial charge in [-0.05, 0) is 96.1 Å². The molecule has 11 aromatic rings. The Hall–Kier alpha value is -7.86. The standard InChI is InChI=1S/C50H29N5/c51-30-32-20-23-49-42(26-32)43-29-37(54-47-18-7-3-14-40(47)41-15-4-8-19-48(41)54)22-25-50(43)55(49)44-24-21-34(27-35(44)31-52)33-10-9-11-36(28-33)53-45-16-5-1-12-38(45)39-13-2-6-17-46(39)53/h1-29H. The van der Waals surface area contributed by atoms with Crippen molar-refractivity contribution in [2.45, 2.75) is 0 Å². The molecule has 5 nitrogen and oxygen atoms in total. The molecule has 0 aliphatic rings. The zero-order valence-electron chi connectivity index (χ0n) is 29.5. The van der Waals surface area contributed by atoms with Crippen molar-refractivity contribution < 1.29 is 0 Å². The van der Waals surface area contributed by atoms with E-state index in [-0.39, 0.29) is 0 Å². The number of fused-ring (bicyclic) bond motifs is 9. The first-order valence-electron chi connectivity index (χ1n) is 18.3. The molecule has 11 rings (SSSR count). The van der Waals surface area contributed by atoms with Gasteiger partial charge in [-0.1, -0.05) is 91.0 Å². The first kappa shape index (κ1) is 30.7. The first-order valence-corrected chi connectivity index (χ1v) is 18.3. The molecule has 8 aromatic carbocycles. The third kappa shape index (κ3) is 4.51. The molecule has 3 aromatic heterocycles. The van der Waals surface area contributed by atoms with Gasteiger partial charge in [0.1, 0.15) is 6.07 Å². The zero-order valence-corrected chi connectivity index (χ0v) is 29.5. The number of benzene rings is 8. The van der Waals surface area contributed by atoms with Crippen molar-refractivity contribution in [1.82, 2.24) is 13.7 Å². The third-order valence-electron chi connectivity index (χ3n) is 11.1. The van der Waals surface area contributed by atoms with Gasteiger partial charge < -0.3 is 13.7 Å². The highest BCUT2D eigenvalue weighted by Gasteiger charge is 2.19. The SMILES string of the molecule is N#Cc1ccc2c(c1)c1cc(-n3c4ccccc4c4ccccc43)ccc1n2-c1ccc(-c2cccc(-n3c4ccccc4c4ccccc43)c2)cc1C#N. The first-order chi connectivity index (χ1) is 27.2. The normalized spacial score (nSPS) is 11.6. The average molecular weight is 700 g/mol. The monoisotopic (exact) mass is 699 g/mol. The summed E-state index contributed by atoms with van der Waals surface area (Å²) in [7, 11) is 0. The second-order valence-electron chi connectivity index (χ2n) is 14.0. The number of hydrogen-bond acceptors (Lipinski definition) is 2. The van der Waals surface area contributed by atoms with Gasteiger partial charge >= 0.3 is 0 Å². The summed E-state index contributed by atoms with van der Waals surface area (Å²) in [4.78, 5) is 0. The van der Waals surface area contributed by atoms with Crippen molar-refractivity contribution in [3.8, 4) is 40.3 Å². The summed E-state index contributed by atoms with van der Waals surface area (Å²) >= 11 is 0. The van der Waals surface area contributed by atoms with Crippen molar-refractivity contribution in [2.75, 3.05) is 0 Å². The van der Waals surface area contributed by atoms with Crippen LogP contribution in [0.2, 0.25) is 0 Å². The lowest BCUT2D eigenvalue weighted by molar-refractivity contribution is 1.16. The van der Waals surface area contributed by atoms with Gasteiger partial charge in [0.25, 0.3) is 0 Å². The molecular formula is C50H29N5. The summed E-state index contributed by atoms with van der Waals surface area (Å²) in [5.41, 5.74) is 12.5. The molecule has 0 saturated heterocycles. The molecule has 0 atom stereocenters. The van der Waals surface area contributed by atoms with Crippen LogP contribution in [0.3, 0.4) is 0 Å². The number of nitriles is 2. The maximum Gasteiger partial charge on any atom is 0.101 e. The fraction of sp³-hybridized carbons (Fsp3) is 0. The molecule has 0 bridgehead atoms. The van der Waals surface area contributed by atoms with Crippen molar-refractivity contribution in [2.24, 2.45) is 0 Å². The van der Waals surface area contributed by atoms with Crippen molar-refractivity contribution >= 4 is 65.4 Å². The Morgan fingerprint density at radius 3 is 1.38 bits per heavy atom. The van der Waals surface area contributed by atoms with Crippen molar-refractivity contribution in [1.29, 1.82) is 10.5 Å². The van der Waals surface area contributed by atoms with E-state index in [1.807, 2.05) is 24.3 Å². The molecule has 0 amide bonds. The zero-order chi connectivity index (χ0) is 36.6. The molecule has 5 heteroatoms. The number of aromatic nitrogens is 3. The Bertz CT molecular complexity index is 3360. The van der Waals surface area contributed by atoms with Crippen molar-refractivity contribution in [3.05, 3.63) is 187 Å². The quantitative estimate of drug-likeness (QED) is 0.184. The Balaban J connectivity index is 1.08. The number of para-hydroxylation sites is 4. The minimum atomic E-state index is 0.564. The van der Waals surface area contributed by atoms with E-state index in [0.29, 0.717) is 11.1 Å². The topological polar surface area (TPSA) is 62.4 Å². The van der Waals surface area contributed by atoms with Gasteiger partial charge in [-0.3, -0.25) is 0 Å². The predicted octanol–water partition coefficient (Wildman–Crippen LogP) is 12.4. The molecule has 0 saturated carbocycles. The maximum atomic E-state index is 10.7. The molecule has 3 heterocycles. The van der Waals surface area contributed by atoms with Crippen LogP contribution < -0.4 is 0 Å². The lowest BCUT2D eigenvalue weighted by Crippen LogP contribution is -1.99. The highest BCUT2D eigenvalue weighted by atomic mass is 15.0. The predicted molar refractivity (Wildman–Crippen MR) is 224 cm³/mol. The highest BCUT2D eigenvalue weighted by molar-refractivity contribution is 6.13. The largest absolute Gasteiger partial charge is 0.309 e. The second kappa shape index (κ2) is 11.8. The Labute approximate surface area is 316 Å². The van der Waals surface area contributed by atoms with Crippen molar-refractivity contribution in [3.63, 3.8) is 0 Å². The van der Waals surface area contributed by atoms with Crippen LogP contribution in [0.5, 0.6) is 0 Å². The van der Waals surface area contributed by atoms with E-state index in [1.54, 1.807) is 0 Å². The van der Waals surface area contributed by atoms with Gasteiger partial charge in [-0.2, -0.15) is 10.5 Å².